The van der Waals surface area contributed by atoms with E-state index in [2.05, 4.69) is 5.32 Å². The lowest BCUT2D eigenvalue weighted by Gasteiger charge is -2.14. The summed E-state index contributed by atoms with van der Waals surface area (Å²) in [5.41, 5.74) is 0.936. The van der Waals surface area contributed by atoms with E-state index in [-0.39, 0.29) is 23.6 Å². The van der Waals surface area contributed by atoms with Crippen molar-refractivity contribution in [3.63, 3.8) is 0 Å². The summed E-state index contributed by atoms with van der Waals surface area (Å²) >= 11 is 0. The van der Waals surface area contributed by atoms with E-state index in [0.717, 1.165) is 18.4 Å². The second-order valence-corrected chi connectivity index (χ2v) is 6.08. The smallest absolute Gasteiger partial charge is 0.326 e. The lowest BCUT2D eigenvalue weighted by Crippen LogP contribution is -2.42. The van der Waals surface area contributed by atoms with Crippen molar-refractivity contribution in [2.75, 3.05) is 0 Å². The van der Waals surface area contributed by atoms with Gasteiger partial charge in [-0.05, 0) is 42.4 Å². The van der Waals surface area contributed by atoms with Crippen LogP contribution >= 0.6 is 0 Å². The van der Waals surface area contributed by atoms with Gasteiger partial charge in [0.05, 0.1) is 0 Å². The Labute approximate surface area is 122 Å². The van der Waals surface area contributed by atoms with Gasteiger partial charge in [0.15, 0.2) is 0 Å². The van der Waals surface area contributed by atoms with Gasteiger partial charge in [-0.2, -0.15) is 0 Å². The number of rotatable bonds is 6. The Morgan fingerprint density at radius 3 is 2.52 bits per heavy atom. The van der Waals surface area contributed by atoms with Crippen LogP contribution in [0.15, 0.2) is 24.3 Å². The van der Waals surface area contributed by atoms with Gasteiger partial charge in [-0.25, -0.2) is 9.18 Å². The molecule has 3 rings (SSSR count). The summed E-state index contributed by atoms with van der Waals surface area (Å²) in [6.45, 7) is 0. The highest BCUT2D eigenvalue weighted by Crippen LogP contribution is 2.47. The van der Waals surface area contributed by atoms with Crippen LogP contribution in [0, 0.1) is 17.7 Å². The third-order valence-electron chi connectivity index (χ3n) is 4.31. The summed E-state index contributed by atoms with van der Waals surface area (Å²) in [5, 5.41) is 11.8. The van der Waals surface area contributed by atoms with E-state index in [1.165, 1.54) is 12.1 Å². The molecule has 2 aliphatic rings. The van der Waals surface area contributed by atoms with Crippen molar-refractivity contribution in [2.45, 2.75) is 37.6 Å². The number of hydrogen-bond acceptors (Lipinski definition) is 2. The molecule has 2 aliphatic carbocycles. The Balaban J connectivity index is 1.56. The number of amides is 1. The maximum atomic E-state index is 12.9. The molecule has 4 nitrogen and oxygen atoms in total. The monoisotopic (exact) mass is 291 g/mol. The first kappa shape index (κ1) is 14.0. The molecule has 0 spiro atoms. The first-order valence-corrected chi connectivity index (χ1v) is 7.33. The highest BCUT2D eigenvalue weighted by molar-refractivity contribution is 5.87. The quantitative estimate of drug-likeness (QED) is 0.845. The number of carbonyl (C=O) groups excluding carboxylic acids is 1. The number of nitrogens with one attached hydrogen (secondary N) is 1. The fourth-order valence-corrected chi connectivity index (χ4v) is 2.75. The van der Waals surface area contributed by atoms with Gasteiger partial charge in [0.1, 0.15) is 11.9 Å². The number of carboxylic acid groups (broad SMARTS) is 1. The van der Waals surface area contributed by atoms with E-state index in [1.54, 1.807) is 12.1 Å². The van der Waals surface area contributed by atoms with Gasteiger partial charge in [0.25, 0.3) is 0 Å². The van der Waals surface area contributed by atoms with E-state index in [1.807, 2.05) is 0 Å². The molecule has 1 aromatic rings. The first-order valence-electron chi connectivity index (χ1n) is 7.33. The molecular weight excluding hydrogens is 273 g/mol. The van der Waals surface area contributed by atoms with Crippen LogP contribution in [0.2, 0.25) is 0 Å². The molecule has 0 radical (unpaired) electrons. The highest BCUT2D eigenvalue weighted by atomic mass is 19.1. The number of halogens is 1. The molecule has 2 N–H and O–H groups in total. The molecule has 0 heterocycles. The summed E-state index contributed by atoms with van der Waals surface area (Å²) in [4.78, 5) is 23.3. The molecule has 2 saturated carbocycles. The summed E-state index contributed by atoms with van der Waals surface area (Å²) in [7, 11) is 0. The van der Waals surface area contributed by atoms with Crippen molar-refractivity contribution in [1.29, 1.82) is 0 Å². The van der Waals surface area contributed by atoms with Crippen molar-refractivity contribution in [2.24, 2.45) is 11.8 Å². The number of aliphatic carboxylic acids is 1. The fourth-order valence-electron chi connectivity index (χ4n) is 2.75. The van der Waals surface area contributed by atoms with E-state index in [9.17, 15) is 14.0 Å². The van der Waals surface area contributed by atoms with Crippen LogP contribution in [0.4, 0.5) is 4.39 Å². The molecule has 5 heteroatoms. The Morgan fingerprint density at radius 2 is 1.95 bits per heavy atom. The predicted octanol–water partition coefficient (Wildman–Crippen LogP) is 2.30. The Morgan fingerprint density at radius 1 is 1.29 bits per heavy atom. The molecule has 1 amide bonds. The molecule has 1 aromatic carbocycles. The van der Waals surface area contributed by atoms with Crippen LogP contribution in [-0.4, -0.2) is 23.0 Å². The minimum absolute atomic E-state index is 0.0842. The molecule has 21 heavy (non-hydrogen) atoms. The second kappa shape index (κ2) is 5.47. The van der Waals surface area contributed by atoms with Crippen LogP contribution in [0.5, 0.6) is 0 Å². The Kier molecular flexibility index (Phi) is 3.66. The predicted molar refractivity (Wildman–Crippen MR) is 74.2 cm³/mol. The van der Waals surface area contributed by atoms with Crippen molar-refractivity contribution >= 4 is 11.9 Å². The lowest BCUT2D eigenvalue weighted by atomic mass is 10.1. The zero-order chi connectivity index (χ0) is 15.0. The summed E-state index contributed by atoms with van der Waals surface area (Å²) < 4.78 is 12.9. The van der Waals surface area contributed by atoms with Crippen molar-refractivity contribution in [1.82, 2.24) is 5.32 Å². The molecule has 112 valence electrons. The Hall–Kier alpha value is -1.91. The summed E-state index contributed by atoms with van der Waals surface area (Å²) in [6, 6.07) is 5.36. The topological polar surface area (TPSA) is 66.4 Å². The van der Waals surface area contributed by atoms with Crippen molar-refractivity contribution in [3.8, 4) is 0 Å². The van der Waals surface area contributed by atoms with Gasteiger partial charge in [0, 0.05) is 5.92 Å². The molecule has 0 aromatic heterocycles. The normalized spacial score (nSPS) is 25.2. The summed E-state index contributed by atoms with van der Waals surface area (Å²) in [5.74, 6) is -1.11. The van der Waals surface area contributed by atoms with Gasteiger partial charge < -0.3 is 10.4 Å². The third-order valence-corrected chi connectivity index (χ3v) is 4.31. The molecule has 2 fully saturated rings. The minimum Gasteiger partial charge on any atom is -0.480 e. The SMILES string of the molecule is O=C(O)C(CC1CC1)NC(=O)C1CC1c1ccc(F)cc1. The fraction of sp³-hybridized carbons (Fsp3) is 0.500. The zero-order valence-corrected chi connectivity index (χ0v) is 11.6. The number of hydrogen-bond donors (Lipinski definition) is 2. The standard InChI is InChI=1S/C16H18FNO3/c17-11-5-3-10(4-6-11)12-8-13(12)15(19)18-14(16(20)21)7-9-1-2-9/h3-6,9,12-14H,1-2,7-8H2,(H,18,19)(H,20,21). The van der Waals surface area contributed by atoms with Crippen LogP contribution in [0.3, 0.4) is 0 Å². The average Bonchev–Trinajstić information content (AvgIpc) is 3.33. The molecular formula is C16H18FNO3. The van der Waals surface area contributed by atoms with Crippen LogP contribution < -0.4 is 5.32 Å². The molecule has 3 atom stereocenters. The highest BCUT2D eigenvalue weighted by Gasteiger charge is 2.45. The van der Waals surface area contributed by atoms with E-state index in [0.29, 0.717) is 18.8 Å². The molecule has 3 unspecified atom stereocenters. The molecule has 0 aliphatic heterocycles. The second-order valence-electron chi connectivity index (χ2n) is 6.08. The average molecular weight is 291 g/mol. The third kappa shape index (κ3) is 3.40. The first-order chi connectivity index (χ1) is 10.0. The number of carbonyl (C=O) groups is 2. The van der Waals surface area contributed by atoms with E-state index in [4.69, 9.17) is 5.11 Å². The maximum absolute atomic E-state index is 12.9. The largest absolute Gasteiger partial charge is 0.480 e. The van der Waals surface area contributed by atoms with Gasteiger partial charge in [-0.3, -0.25) is 4.79 Å². The van der Waals surface area contributed by atoms with Gasteiger partial charge in [-0.15, -0.1) is 0 Å². The van der Waals surface area contributed by atoms with Gasteiger partial charge in [0.2, 0.25) is 5.91 Å². The van der Waals surface area contributed by atoms with E-state index < -0.39 is 12.0 Å². The van der Waals surface area contributed by atoms with Gasteiger partial charge in [-0.1, -0.05) is 25.0 Å². The van der Waals surface area contributed by atoms with Crippen LogP contribution in [0.25, 0.3) is 0 Å². The Bertz CT molecular complexity index is 553. The van der Waals surface area contributed by atoms with Crippen molar-refractivity contribution in [3.05, 3.63) is 35.6 Å². The van der Waals surface area contributed by atoms with Gasteiger partial charge >= 0.3 is 5.97 Å². The minimum atomic E-state index is -0.964. The molecule has 0 saturated heterocycles. The van der Waals surface area contributed by atoms with E-state index >= 15 is 0 Å². The van der Waals surface area contributed by atoms with Crippen LogP contribution in [0.1, 0.15) is 37.2 Å². The number of benzene rings is 1. The zero-order valence-electron chi connectivity index (χ0n) is 11.6. The number of carboxylic acids is 1. The summed E-state index contributed by atoms with van der Waals surface area (Å²) in [6.07, 6.45) is 3.34. The lowest BCUT2D eigenvalue weighted by molar-refractivity contribution is -0.142. The molecule has 0 bridgehead atoms. The maximum Gasteiger partial charge on any atom is 0.326 e. The van der Waals surface area contributed by atoms with Crippen molar-refractivity contribution < 1.29 is 19.1 Å². The van der Waals surface area contributed by atoms with Crippen LogP contribution in [-0.2, 0) is 9.59 Å².